The molecule has 1 aliphatic carbocycles. The molecule has 24 heavy (non-hydrogen) atoms. The summed E-state index contributed by atoms with van der Waals surface area (Å²) < 4.78 is 0. The Balaban J connectivity index is 0.00000144. The zero-order valence-electron chi connectivity index (χ0n) is 13.1. The minimum atomic E-state index is -0.522. The van der Waals surface area contributed by atoms with Gasteiger partial charge >= 0.3 is 0 Å². The molecule has 0 spiro atoms. The molecule has 4 atom stereocenters. The van der Waals surface area contributed by atoms with Crippen molar-refractivity contribution in [3.63, 3.8) is 0 Å². The van der Waals surface area contributed by atoms with Gasteiger partial charge < -0.3 is 15.7 Å². The van der Waals surface area contributed by atoms with Crippen LogP contribution in [0.2, 0.25) is 5.02 Å². The van der Waals surface area contributed by atoms with Gasteiger partial charge in [-0.2, -0.15) is 0 Å². The molecular formula is C14H21Cl3N4O2S. The van der Waals surface area contributed by atoms with E-state index in [1.165, 1.54) is 18.0 Å². The molecule has 1 aliphatic heterocycles. The molecule has 2 aliphatic rings. The van der Waals surface area contributed by atoms with Gasteiger partial charge in [0.05, 0.1) is 23.4 Å². The SMILES string of the molecule is CSc1ncc(Cl)c(C(=O)N[C@H]2C[C@H]3CNC[C@H]3C[C@@H]2O)n1.Cl.Cl. The lowest BCUT2D eigenvalue weighted by atomic mass is 9.77. The number of amides is 1. The van der Waals surface area contributed by atoms with Gasteiger partial charge in [0.15, 0.2) is 10.9 Å². The Morgan fingerprint density at radius 1 is 1.38 bits per heavy atom. The van der Waals surface area contributed by atoms with Crippen molar-refractivity contribution in [3.05, 3.63) is 16.9 Å². The molecular weight excluding hydrogens is 395 g/mol. The zero-order chi connectivity index (χ0) is 15.7. The second kappa shape index (κ2) is 9.40. The van der Waals surface area contributed by atoms with Crippen molar-refractivity contribution in [1.29, 1.82) is 0 Å². The van der Waals surface area contributed by atoms with Gasteiger partial charge in [-0.25, -0.2) is 9.97 Å². The summed E-state index contributed by atoms with van der Waals surface area (Å²) >= 11 is 7.37. The summed E-state index contributed by atoms with van der Waals surface area (Å²) in [5.74, 6) is 0.668. The molecule has 0 aromatic carbocycles. The van der Waals surface area contributed by atoms with Crippen molar-refractivity contribution in [2.45, 2.75) is 30.1 Å². The summed E-state index contributed by atoms with van der Waals surface area (Å²) in [5, 5.41) is 17.2. The highest BCUT2D eigenvalue weighted by Gasteiger charge is 2.39. The monoisotopic (exact) mass is 414 g/mol. The molecule has 1 saturated heterocycles. The largest absolute Gasteiger partial charge is 0.391 e. The molecule has 6 nitrogen and oxygen atoms in total. The van der Waals surface area contributed by atoms with Crippen molar-refractivity contribution in [2.24, 2.45) is 11.8 Å². The third kappa shape index (κ3) is 4.65. The number of aromatic nitrogens is 2. The van der Waals surface area contributed by atoms with Crippen LogP contribution in [0.15, 0.2) is 11.4 Å². The maximum Gasteiger partial charge on any atom is 0.271 e. The summed E-state index contributed by atoms with van der Waals surface area (Å²) in [6.07, 6.45) is 4.25. The predicted octanol–water partition coefficient (Wildman–Crippen LogP) is 1.78. The van der Waals surface area contributed by atoms with Crippen LogP contribution in [0.3, 0.4) is 0 Å². The van der Waals surface area contributed by atoms with Crippen LogP contribution in [0.4, 0.5) is 0 Å². The van der Waals surface area contributed by atoms with Gasteiger partial charge in [-0.1, -0.05) is 23.4 Å². The Hall–Kier alpha value is -0.310. The second-order valence-corrected chi connectivity index (χ2v) is 7.03. The first-order valence-electron chi connectivity index (χ1n) is 7.34. The summed E-state index contributed by atoms with van der Waals surface area (Å²) in [4.78, 5) is 20.6. The molecule has 1 amide bonds. The van der Waals surface area contributed by atoms with Crippen LogP contribution >= 0.6 is 48.2 Å². The van der Waals surface area contributed by atoms with Crippen LogP contribution in [0.5, 0.6) is 0 Å². The number of aliphatic hydroxyl groups is 1. The van der Waals surface area contributed by atoms with Gasteiger partial charge in [0.2, 0.25) is 0 Å². The van der Waals surface area contributed by atoms with E-state index in [9.17, 15) is 9.90 Å². The number of fused-ring (bicyclic) bond motifs is 1. The minimum Gasteiger partial charge on any atom is -0.391 e. The number of carbonyl (C=O) groups is 1. The van der Waals surface area contributed by atoms with Crippen LogP contribution in [0.25, 0.3) is 0 Å². The molecule has 136 valence electrons. The van der Waals surface area contributed by atoms with Crippen LogP contribution in [-0.2, 0) is 0 Å². The van der Waals surface area contributed by atoms with E-state index in [0.717, 1.165) is 25.9 Å². The van der Waals surface area contributed by atoms with Crippen molar-refractivity contribution in [3.8, 4) is 0 Å². The van der Waals surface area contributed by atoms with Gasteiger partial charge in [-0.3, -0.25) is 4.79 Å². The second-order valence-electron chi connectivity index (χ2n) is 5.85. The van der Waals surface area contributed by atoms with E-state index in [1.54, 1.807) is 0 Å². The average molecular weight is 416 g/mol. The van der Waals surface area contributed by atoms with Crippen LogP contribution in [0.1, 0.15) is 23.3 Å². The van der Waals surface area contributed by atoms with Crippen molar-refractivity contribution < 1.29 is 9.90 Å². The van der Waals surface area contributed by atoms with E-state index in [0.29, 0.717) is 17.0 Å². The van der Waals surface area contributed by atoms with E-state index in [1.807, 2.05) is 6.26 Å². The third-order valence-corrected chi connectivity index (χ3v) is 5.32. The third-order valence-electron chi connectivity index (χ3n) is 4.48. The number of thioether (sulfide) groups is 1. The highest BCUT2D eigenvalue weighted by Crippen LogP contribution is 2.33. The lowest BCUT2D eigenvalue weighted by Crippen LogP contribution is -2.49. The molecule has 0 unspecified atom stereocenters. The standard InChI is InChI=1S/C14H19ClN4O2S.2ClH/c1-22-14-17-6-9(15)12(19-14)13(21)18-10-2-7-4-16-5-8(7)3-11(10)20;;/h6-8,10-11,16,20H,2-5H2,1H3,(H,18,21);2*1H/t7-,8+,10-,11-;;/m0../s1. The maximum atomic E-state index is 12.4. The fourth-order valence-corrected chi connectivity index (χ4v) is 3.81. The number of hydrogen-bond acceptors (Lipinski definition) is 6. The van der Waals surface area contributed by atoms with Crippen molar-refractivity contribution in [1.82, 2.24) is 20.6 Å². The molecule has 10 heteroatoms. The highest BCUT2D eigenvalue weighted by atomic mass is 35.5. The predicted molar refractivity (Wildman–Crippen MR) is 99.7 cm³/mol. The first-order chi connectivity index (χ1) is 10.6. The molecule has 2 heterocycles. The maximum absolute atomic E-state index is 12.4. The number of aliphatic hydroxyl groups excluding tert-OH is 1. The van der Waals surface area contributed by atoms with E-state index < -0.39 is 6.10 Å². The Morgan fingerprint density at radius 2 is 2.04 bits per heavy atom. The summed E-state index contributed by atoms with van der Waals surface area (Å²) in [6.45, 7) is 1.91. The zero-order valence-corrected chi connectivity index (χ0v) is 16.3. The van der Waals surface area contributed by atoms with Gasteiger partial charge in [-0.15, -0.1) is 24.8 Å². The fraction of sp³-hybridized carbons (Fsp3) is 0.643. The highest BCUT2D eigenvalue weighted by molar-refractivity contribution is 7.98. The Morgan fingerprint density at radius 3 is 2.71 bits per heavy atom. The number of nitrogens with zero attached hydrogens (tertiary/aromatic N) is 2. The van der Waals surface area contributed by atoms with E-state index in [-0.39, 0.29) is 47.5 Å². The molecule has 0 bridgehead atoms. The smallest absolute Gasteiger partial charge is 0.271 e. The summed E-state index contributed by atoms with van der Waals surface area (Å²) in [6, 6.07) is -0.252. The van der Waals surface area contributed by atoms with E-state index in [4.69, 9.17) is 11.6 Å². The van der Waals surface area contributed by atoms with Gasteiger partial charge in [0.1, 0.15) is 0 Å². The first kappa shape index (κ1) is 21.7. The number of hydrogen-bond donors (Lipinski definition) is 3. The Bertz CT molecular complexity index is 581. The lowest BCUT2D eigenvalue weighted by molar-refractivity contribution is 0.0460. The number of carbonyl (C=O) groups excluding carboxylic acids is 1. The van der Waals surface area contributed by atoms with Crippen LogP contribution in [-0.4, -0.2) is 52.5 Å². The van der Waals surface area contributed by atoms with Crippen LogP contribution in [0, 0.1) is 11.8 Å². The van der Waals surface area contributed by atoms with Crippen molar-refractivity contribution >= 4 is 54.1 Å². The Kier molecular flexibility index (Phi) is 8.52. The number of halogens is 3. The quantitative estimate of drug-likeness (QED) is 0.515. The van der Waals surface area contributed by atoms with Gasteiger partial charge in [-0.05, 0) is 44.0 Å². The molecule has 2 fully saturated rings. The molecule has 0 radical (unpaired) electrons. The average Bonchev–Trinajstić information content (AvgIpc) is 2.95. The van der Waals surface area contributed by atoms with Gasteiger partial charge in [0, 0.05) is 0 Å². The molecule has 1 aromatic heterocycles. The topological polar surface area (TPSA) is 87.1 Å². The Labute approximate surface area is 162 Å². The van der Waals surface area contributed by atoms with Crippen LogP contribution < -0.4 is 10.6 Å². The molecule has 1 saturated carbocycles. The summed E-state index contributed by atoms with van der Waals surface area (Å²) in [5.41, 5.74) is 0.167. The number of nitrogens with one attached hydrogen (secondary N) is 2. The van der Waals surface area contributed by atoms with Crippen molar-refractivity contribution in [2.75, 3.05) is 19.3 Å². The summed E-state index contributed by atoms with van der Waals surface area (Å²) in [7, 11) is 0. The minimum absolute atomic E-state index is 0. The molecule has 1 aromatic rings. The molecule has 3 N–H and O–H groups in total. The molecule has 3 rings (SSSR count). The lowest BCUT2D eigenvalue weighted by Gasteiger charge is -2.35. The fourth-order valence-electron chi connectivity index (χ4n) is 3.30. The van der Waals surface area contributed by atoms with Gasteiger partial charge in [0.25, 0.3) is 5.91 Å². The van der Waals surface area contributed by atoms with E-state index >= 15 is 0 Å². The normalized spacial score (nSPS) is 28.3. The van der Waals surface area contributed by atoms with E-state index in [2.05, 4.69) is 20.6 Å². The number of rotatable bonds is 3. The first-order valence-corrected chi connectivity index (χ1v) is 8.95.